The number of rotatable bonds is 2. The fraction of sp³-hybridized carbons (Fsp3) is 1.00. The Morgan fingerprint density at radius 3 is 2.64 bits per heavy atom. The van der Waals surface area contributed by atoms with E-state index < -0.39 is 0 Å². The standard InChI is InChI=1S/C12H24N2/c1-10(2)7-11-8-12(9-14-11)3-5-13-6-4-12/h10-11,13-14H,3-9H2,1-2H3. The number of piperidine rings is 1. The highest BCUT2D eigenvalue weighted by atomic mass is 15.0. The molecule has 0 aromatic rings. The van der Waals surface area contributed by atoms with E-state index in [9.17, 15) is 0 Å². The molecule has 14 heavy (non-hydrogen) atoms. The maximum atomic E-state index is 3.72. The molecule has 2 aliphatic heterocycles. The quantitative estimate of drug-likeness (QED) is 0.703. The van der Waals surface area contributed by atoms with Crippen LogP contribution in [-0.2, 0) is 0 Å². The predicted octanol–water partition coefficient (Wildman–Crippen LogP) is 1.76. The molecule has 2 aliphatic rings. The molecule has 0 amide bonds. The van der Waals surface area contributed by atoms with Gasteiger partial charge in [-0.25, -0.2) is 0 Å². The topological polar surface area (TPSA) is 24.1 Å². The van der Waals surface area contributed by atoms with Gasteiger partial charge in [0.1, 0.15) is 0 Å². The SMILES string of the molecule is CC(C)CC1CC2(CCNCC2)CN1. The minimum Gasteiger partial charge on any atom is -0.317 e. The molecule has 2 saturated heterocycles. The molecule has 2 rings (SSSR count). The lowest BCUT2D eigenvalue weighted by atomic mass is 9.76. The van der Waals surface area contributed by atoms with Gasteiger partial charge >= 0.3 is 0 Å². The highest BCUT2D eigenvalue weighted by Crippen LogP contribution is 2.38. The first-order chi connectivity index (χ1) is 6.70. The van der Waals surface area contributed by atoms with Crippen molar-refractivity contribution in [3.05, 3.63) is 0 Å². The van der Waals surface area contributed by atoms with E-state index in [2.05, 4.69) is 24.5 Å². The lowest BCUT2D eigenvalue weighted by molar-refractivity contribution is 0.222. The summed E-state index contributed by atoms with van der Waals surface area (Å²) in [5.41, 5.74) is 0.658. The van der Waals surface area contributed by atoms with Crippen LogP contribution < -0.4 is 10.6 Å². The van der Waals surface area contributed by atoms with Crippen molar-refractivity contribution in [2.24, 2.45) is 11.3 Å². The van der Waals surface area contributed by atoms with Crippen molar-refractivity contribution in [1.29, 1.82) is 0 Å². The molecule has 0 saturated carbocycles. The third-order valence-corrected chi connectivity index (χ3v) is 3.87. The van der Waals surface area contributed by atoms with Gasteiger partial charge in [0.15, 0.2) is 0 Å². The first-order valence-electron chi connectivity index (χ1n) is 6.14. The third kappa shape index (κ3) is 2.29. The van der Waals surface area contributed by atoms with Crippen LogP contribution in [0, 0.1) is 11.3 Å². The average molecular weight is 196 g/mol. The van der Waals surface area contributed by atoms with E-state index in [-0.39, 0.29) is 0 Å². The zero-order chi connectivity index (χ0) is 10.0. The van der Waals surface area contributed by atoms with E-state index in [4.69, 9.17) is 0 Å². The molecule has 2 nitrogen and oxygen atoms in total. The highest BCUT2D eigenvalue weighted by molar-refractivity contribution is 4.96. The van der Waals surface area contributed by atoms with Gasteiger partial charge < -0.3 is 10.6 Å². The summed E-state index contributed by atoms with van der Waals surface area (Å²) in [6, 6.07) is 0.799. The summed E-state index contributed by atoms with van der Waals surface area (Å²) < 4.78 is 0. The summed E-state index contributed by atoms with van der Waals surface area (Å²) in [5, 5.41) is 7.18. The molecule has 2 heterocycles. The number of nitrogens with one attached hydrogen (secondary N) is 2. The van der Waals surface area contributed by atoms with Gasteiger partial charge in [-0.05, 0) is 50.1 Å². The normalized spacial score (nSPS) is 31.5. The Kier molecular flexibility index (Phi) is 3.13. The van der Waals surface area contributed by atoms with Gasteiger partial charge in [-0.1, -0.05) is 13.8 Å². The van der Waals surface area contributed by atoms with E-state index >= 15 is 0 Å². The fourth-order valence-electron chi connectivity index (χ4n) is 3.10. The van der Waals surface area contributed by atoms with Crippen LogP contribution >= 0.6 is 0 Å². The molecular formula is C12H24N2. The summed E-state index contributed by atoms with van der Waals surface area (Å²) in [6.45, 7) is 8.39. The Bertz CT molecular complexity index is 183. The summed E-state index contributed by atoms with van der Waals surface area (Å²) in [7, 11) is 0. The second-order valence-electron chi connectivity index (χ2n) is 5.66. The Labute approximate surface area is 87.8 Å². The van der Waals surface area contributed by atoms with E-state index in [1.54, 1.807) is 0 Å². The smallest absolute Gasteiger partial charge is 0.00755 e. The van der Waals surface area contributed by atoms with E-state index in [0.717, 1.165) is 12.0 Å². The summed E-state index contributed by atoms with van der Waals surface area (Å²) >= 11 is 0. The maximum Gasteiger partial charge on any atom is 0.00755 e. The van der Waals surface area contributed by atoms with Crippen molar-refractivity contribution in [3.63, 3.8) is 0 Å². The van der Waals surface area contributed by atoms with Crippen LogP contribution in [0.15, 0.2) is 0 Å². The second-order valence-corrected chi connectivity index (χ2v) is 5.66. The van der Waals surface area contributed by atoms with Gasteiger partial charge in [0, 0.05) is 12.6 Å². The Hall–Kier alpha value is -0.0800. The molecule has 1 unspecified atom stereocenters. The molecule has 0 aromatic carbocycles. The summed E-state index contributed by atoms with van der Waals surface area (Å²) in [6.07, 6.45) is 5.55. The minimum absolute atomic E-state index is 0.658. The van der Waals surface area contributed by atoms with Gasteiger partial charge in [0.05, 0.1) is 0 Å². The Morgan fingerprint density at radius 2 is 2.00 bits per heavy atom. The molecule has 0 bridgehead atoms. The largest absolute Gasteiger partial charge is 0.317 e. The van der Waals surface area contributed by atoms with Crippen molar-refractivity contribution >= 4 is 0 Å². The highest BCUT2D eigenvalue weighted by Gasteiger charge is 2.39. The van der Waals surface area contributed by atoms with Gasteiger partial charge in [0.2, 0.25) is 0 Å². The lowest BCUT2D eigenvalue weighted by Gasteiger charge is -2.33. The maximum absolute atomic E-state index is 3.72. The van der Waals surface area contributed by atoms with Crippen LogP contribution in [-0.4, -0.2) is 25.7 Å². The molecule has 82 valence electrons. The van der Waals surface area contributed by atoms with Crippen LogP contribution in [0.3, 0.4) is 0 Å². The second kappa shape index (κ2) is 4.19. The number of hydrogen-bond acceptors (Lipinski definition) is 2. The van der Waals surface area contributed by atoms with Crippen LogP contribution in [0.1, 0.15) is 39.5 Å². The Balaban J connectivity index is 1.86. The van der Waals surface area contributed by atoms with Gasteiger partial charge in [0.25, 0.3) is 0 Å². The third-order valence-electron chi connectivity index (χ3n) is 3.87. The first-order valence-corrected chi connectivity index (χ1v) is 6.14. The van der Waals surface area contributed by atoms with Crippen molar-refractivity contribution in [2.75, 3.05) is 19.6 Å². The van der Waals surface area contributed by atoms with E-state index in [1.165, 1.54) is 45.3 Å². The Morgan fingerprint density at radius 1 is 1.29 bits per heavy atom. The zero-order valence-electron chi connectivity index (χ0n) is 9.60. The minimum atomic E-state index is 0.658. The molecule has 1 atom stereocenters. The summed E-state index contributed by atoms with van der Waals surface area (Å²) in [5.74, 6) is 0.837. The molecule has 1 spiro atoms. The van der Waals surface area contributed by atoms with Crippen molar-refractivity contribution in [3.8, 4) is 0 Å². The molecular weight excluding hydrogens is 172 g/mol. The average Bonchev–Trinajstić information content (AvgIpc) is 2.49. The van der Waals surface area contributed by atoms with E-state index in [1.807, 2.05) is 0 Å². The van der Waals surface area contributed by atoms with Gasteiger partial charge in [-0.2, -0.15) is 0 Å². The molecule has 2 heteroatoms. The fourth-order valence-corrected chi connectivity index (χ4v) is 3.10. The molecule has 0 aromatic heterocycles. The first kappa shape index (κ1) is 10.4. The van der Waals surface area contributed by atoms with Crippen molar-refractivity contribution < 1.29 is 0 Å². The van der Waals surface area contributed by atoms with Gasteiger partial charge in [-0.3, -0.25) is 0 Å². The van der Waals surface area contributed by atoms with Crippen molar-refractivity contribution in [2.45, 2.75) is 45.6 Å². The van der Waals surface area contributed by atoms with Crippen LogP contribution in [0.2, 0.25) is 0 Å². The molecule has 2 N–H and O–H groups in total. The van der Waals surface area contributed by atoms with Crippen molar-refractivity contribution in [1.82, 2.24) is 10.6 Å². The zero-order valence-corrected chi connectivity index (χ0v) is 9.60. The van der Waals surface area contributed by atoms with E-state index in [0.29, 0.717) is 5.41 Å². The van der Waals surface area contributed by atoms with Crippen LogP contribution in [0.5, 0.6) is 0 Å². The summed E-state index contributed by atoms with van der Waals surface area (Å²) in [4.78, 5) is 0. The van der Waals surface area contributed by atoms with Crippen LogP contribution in [0.4, 0.5) is 0 Å². The molecule has 0 aliphatic carbocycles. The van der Waals surface area contributed by atoms with Crippen LogP contribution in [0.25, 0.3) is 0 Å². The number of hydrogen-bond donors (Lipinski definition) is 2. The molecule has 0 radical (unpaired) electrons. The van der Waals surface area contributed by atoms with Gasteiger partial charge in [-0.15, -0.1) is 0 Å². The molecule has 2 fully saturated rings. The monoisotopic (exact) mass is 196 g/mol. The lowest BCUT2D eigenvalue weighted by Crippen LogP contribution is -2.37. The predicted molar refractivity (Wildman–Crippen MR) is 60.4 cm³/mol.